The van der Waals surface area contributed by atoms with Crippen molar-refractivity contribution >= 4 is 22.9 Å². The number of hydrogen-bond donors (Lipinski definition) is 0. The van der Waals surface area contributed by atoms with Crippen molar-refractivity contribution in [2.24, 2.45) is 0 Å². The van der Waals surface area contributed by atoms with Crippen LogP contribution >= 0.6 is 11.6 Å². The third-order valence-electron chi connectivity index (χ3n) is 4.28. The van der Waals surface area contributed by atoms with Crippen LogP contribution in [0.1, 0.15) is 18.5 Å². The van der Waals surface area contributed by atoms with Crippen molar-refractivity contribution in [3.63, 3.8) is 0 Å². The van der Waals surface area contributed by atoms with Crippen LogP contribution in [0.3, 0.4) is 0 Å². The Hall–Kier alpha value is -2.34. The number of hydrogen-bond acceptors (Lipinski definition) is 5. The molecule has 3 aromatic rings. The maximum absolute atomic E-state index is 6.18. The number of anilines is 1. The van der Waals surface area contributed by atoms with Crippen molar-refractivity contribution in [3.8, 4) is 5.75 Å². The molecule has 1 saturated heterocycles. The van der Waals surface area contributed by atoms with Crippen LogP contribution in [0.25, 0.3) is 5.65 Å². The molecule has 0 aliphatic carbocycles. The maximum Gasteiger partial charge on any atom is 0.200 e. The number of para-hydroxylation sites is 1. The number of halogens is 1. The average Bonchev–Trinajstić information content (AvgIpc) is 3.05. The summed E-state index contributed by atoms with van der Waals surface area (Å²) in [5, 5.41) is 13.2. The highest BCUT2D eigenvalue weighted by molar-refractivity contribution is 6.32. The number of fused-ring (bicyclic) bond motifs is 1. The van der Waals surface area contributed by atoms with Gasteiger partial charge in [0, 0.05) is 25.9 Å². The third kappa shape index (κ3) is 2.89. The van der Waals surface area contributed by atoms with Gasteiger partial charge in [-0.05, 0) is 25.1 Å². The zero-order chi connectivity index (χ0) is 16.5. The Kier molecular flexibility index (Phi) is 3.98. The van der Waals surface area contributed by atoms with Gasteiger partial charge in [0.2, 0.25) is 5.65 Å². The summed E-state index contributed by atoms with van der Waals surface area (Å²) < 4.78 is 7.80. The Balaban J connectivity index is 1.48. The summed E-state index contributed by atoms with van der Waals surface area (Å²) >= 11 is 6.18. The van der Waals surface area contributed by atoms with E-state index in [1.807, 2.05) is 31.2 Å². The summed E-state index contributed by atoms with van der Waals surface area (Å²) in [4.78, 5) is 2.32. The average molecular weight is 344 g/mol. The number of aryl methyl sites for hydroxylation is 1. The highest BCUT2D eigenvalue weighted by atomic mass is 35.5. The van der Waals surface area contributed by atoms with Crippen LogP contribution in [0.4, 0.5) is 5.69 Å². The molecular weight excluding hydrogens is 326 g/mol. The zero-order valence-electron chi connectivity index (χ0n) is 13.4. The van der Waals surface area contributed by atoms with Gasteiger partial charge < -0.3 is 9.64 Å². The van der Waals surface area contributed by atoms with E-state index < -0.39 is 0 Å². The molecule has 1 fully saturated rings. The molecule has 0 radical (unpaired) electrons. The second kappa shape index (κ2) is 6.28. The van der Waals surface area contributed by atoms with Gasteiger partial charge in [0.25, 0.3) is 0 Å². The molecule has 124 valence electrons. The van der Waals surface area contributed by atoms with Gasteiger partial charge >= 0.3 is 0 Å². The molecule has 1 aliphatic rings. The van der Waals surface area contributed by atoms with Crippen LogP contribution in [-0.2, 0) is 0 Å². The van der Waals surface area contributed by atoms with Crippen LogP contribution in [0.15, 0.2) is 36.7 Å². The van der Waals surface area contributed by atoms with E-state index in [0.29, 0.717) is 5.02 Å². The number of piperidine rings is 1. The van der Waals surface area contributed by atoms with Gasteiger partial charge in [-0.2, -0.15) is 9.61 Å². The first kappa shape index (κ1) is 15.2. The monoisotopic (exact) mass is 343 g/mol. The highest BCUT2D eigenvalue weighted by Crippen LogP contribution is 2.29. The number of benzene rings is 1. The summed E-state index contributed by atoms with van der Waals surface area (Å²) in [6.07, 6.45) is 3.69. The fraction of sp³-hybridized carbons (Fsp3) is 0.353. The molecule has 0 amide bonds. The summed E-state index contributed by atoms with van der Waals surface area (Å²) in [5.74, 6) is 0.761. The molecule has 0 atom stereocenters. The van der Waals surface area contributed by atoms with E-state index in [1.54, 1.807) is 10.8 Å². The van der Waals surface area contributed by atoms with Crippen molar-refractivity contribution in [1.29, 1.82) is 0 Å². The minimum Gasteiger partial charge on any atom is -0.489 e. The van der Waals surface area contributed by atoms with Crippen molar-refractivity contribution in [1.82, 2.24) is 19.8 Å². The molecule has 1 aliphatic heterocycles. The van der Waals surface area contributed by atoms with Crippen LogP contribution in [0, 0.1) is 6.92 Å². The Morgan fingerprint density at radius 1 is 1.21 bits per heavy atom. The van der Waals surface area contributed by atoms with Crippen LogP contribution in [-0.4, -0.2) is 39.0 Å². The molecular formula is C17H18ClN5O. The van der Waals surface area contributed by atoms with Gasteiger partial charge in [-0.15, -0.1) is 10.2 Å². The molecule has 0 N–H and O–H groups in total. The van der Waals surface area contributed by atoms with Gasteiger partial charge in [-0.1, -0.05) is 23.7 Å². The molecule has 24 heavy (non-hydrogen) atoms. The molecule has 4 rings (SSSR count). The number of aromatic nitrogens is 4. The first-order valence-electron chi connectivity index (χ1n) is 8.04. The van der Waals surface area contributed by atoms with E-state index in [-0.39, 0.29) is 6.10 Å². The molecule has 0 bridgehead atoms. The van der Waals surface area contributed by atoms with Gasteiger partial charge in [0.05, 0.1) is 16.4 Å². The van der Waals surface area contributed by atoms with E-state index in [9.17, 15) is 0 Å². The summed E-state index contributed by atoms with van der Waals surface area (Å²) in [5.41, 5.74) is 2.83. The van der Waals surface area contributed by atoms with Crippen molar-refractivity contribution in [2.45, 2.75) is 25.9 Å². The van der Waals surface area contributed by atoms with E-state index in [2.05, 4.69) is 26.3 Å². The Bertz CT molecular complexity index is 857. The third-order valence-corrected chi connectivity index (χ3v) is 4.60. The molecule has 7 heteroatoms. The Morgan fingerprint density at radius 3 is 2.79 bits per heavy atom. The normalized spacial score (nSPS) is 15.8. The minimum atomic E-state index is 0.179. The Morgan fingerprint density at radius 2 is 2.00 bits per heavy atom. The fourth-order valence-electron chi connectivity index (χ4n) is 3.10. The van der Waals surface area contributed by atoms with E-state index in [1.165, 1.54) is 0 Å². The van der Waals surface area contributed by atoms with E-state index >= 15 is 0 Å². The van der Waals surface area contributed by atoms with Gasteiger partial charge in [0.15, 0.2) is 0 Å². The van der Waals surface area contributed by atoms with Crippen LogP contribution in [0.5, 0.6) is 5.75 Å². The van der Waals surface area contributed by atoms with E-state index in [4.69, 9.17) is 16.3 Å². The lowest BCUT2D eigenvalue weighted by atomic mass is 10.1. The second-order valence-corrected chi connectivity index (χ2v) is 6.41. The molecule has 0 spiro atoms. The molecule has 1 aromatic carbocycles. The standard InChI is InChI=1S/C17H18ClN5O/c1-12-10-15(17-20-19-11-23(17)21-12)22-8-6-13(7-9-22)24-16-5-3-2-4-14(16)18/h2-5,10-11,13H,6-9H2,1H3. The number of nitrogens with zero attached hydrogens (tertiary/aromatic N) is 5. The topological polar surface area (TPSA) is 55.5 Å². The quantitative estimate of drug-likeness (QED) is 0.731. The predicted octanol–water partition coefficient (Wildman–Crippen LogP) is 3.13. The van der Waals surface area contributed by atoms with Crippen LogP contribution in [0.2, 0.25) is 5.02 Å². The van der Waals surface area contributed by atoms with E-state index in [0.717, 1.165) is 48.7 Å². The van der Waals surface area contributed by atoms with Gasteiger partial charge in [-0.25, -0.2) is 0 Å². The summed E-state index contributed by atoms with van der Waals surface area (Å²) in [6, 6.07) is 9.69. The first-order valence-corrected chi connectivity index (χ1v) is 8.42. The molecule has 0 unspecified atom stereocenters. The molecule has 6 nitrogen and oxygen atoms in total. The molecule has 2 aromatic heterocycles. The van der Waals surface area contributed by atoms with Crippen molar-refractivity contribution in [2.75, 3.05) is 18.0 Å². The van der Waals surface area contributed by atoms with Gasteiger partial charge in [-0.3, -0.25) is 0 Å². The lowest BCUT2D eigenvalue weighted by molar-refractivity contribution is 0.171. The number of rotatable bonds is 3. The van der Waals surface area contributed by atoms with Crippen LogP contribution < -0.4 is 9.64 Å². The lowest BCUT2D eigenvalue weighted by Crippen LogP contribution is -2.38. The summed E-state index contributed by atoms with van der Waals surface area (Å²) in [6.45, 7) is 3.79. The molecule has 3 heterocycles. The first-order chi connectivity index (χ1) is 11.7. The van der Waals surface area contributed by atoms with Crippen molar-refractivity contribution < 1.29 is 4.74 Å². The second-order valence-electron chi connectivity index (χ2n) is 6.00. The fourth-order valence-corrected chi connectivity index (χ4v) is 3.28. The number of ether oxygens (including phenoxy) is 1. The lowest BCUT2D eigenvalue weighted by Gasteiger charge is -2.33. The zero-order valence-corrected chi connectivity index (χ0v) is 14.1. The predicted molar refractivity (Wildman–Crippen MR) is 92.8 cm³/mol. The van der Waals surface area contributed by atoms with Gasteiger partial charge in [0.1, 0.15) is 18.2 Å². The van der Waals surface area contributed by atoms with Crippen molar-refractivity contribution in [3.05, 3.63) is 47.4 Å². The molecule has 0 saturated carbocycles. The summed E-state index contributed by atoms with van der Waals surface area (Å²) in [7, 11) is 0. The minimum absolute atomic E-state index is 0.179. The maximum atomic E-state index is 6.18. The smallest absolute Gasteiger partial charge is 0.200 e. The highest BCUT2D eigenvalue weighted by Gasteiger charge is 2.23. The SMILES string of the molecule is Cc1cc(N2CCC(Oc3ccccc3Cl)CC2)c2nncn2n1. The Labute approximate surface area is 145 Å². The largest absolute Gasteiger partial charge is 0.489 e.